The monoisotopic (exact) mass is 336 g/mol. The van der Waals surface area contributed by atoms with Crippen LogP contribution < -0.4 is 11.1 Å². The minimum atomic E-state index is -0.506. The molecule has 21 heavy (non-hydrogen) atoms. The number of benzene rings is 1. The number of halogens is 2. The maximum absolute atomic E-state index is 12.9. The second kappa shape index (κ2) is 10.8. The Morgan fingerprint density at radius 1 is 1.43 bits per heavy atom. The molecule has 0 fully saturated rings. The average Bonchev–Trinajstić information content (AvgIpc) is 2.46. The van der Waals surface area contributed by atoms with Crippen molar-refractivity contribution in [3.63, 3.8) is 0 Å². The first-order valence-electron chi connectivity index (χ1n) is 6.39. The Bertz CT molecular complexity index is 420. The summed E-state index contributed by atoms with van der Waals surface area (Å²) >= 11 is 1.65. The maximum atomic E-state index is 12.9. The van der Waals surface area contributed by atoms with E-state index in [4.69, 9.17) is 10.5 Å². The van der Waals surface area contributed by atoms with Crippen LogP contribution in [0.4, 0.5) is 4.39 Å². The zero-order chi connectivity index (χ0) is 15.0. The molecular formula is C14H22ClFN2O2S. The predicted molar refractivity (Wildman–Crippen MR) is 87.4 cm³/mol. The van der Waals surface area contributed by atoms with Gasteiger partial charge in [-0.1, -0.05) is 12.1 Å². The quantitative estimate of drug-likeness (QED) is 0.763. The Morgan fingerprint density at radius 3 is 2.57 bits per heavy atom. The van der Waals surface area contributed by atoms with Crippen LogP contribution in [-0.2, 0) is 9.53 Å². The maximum Gasteiger partial charge on any atom is 0.237 e. The Balaban J connectivity index is 0.00000400. The van der Waals surface area contributed by atoms with Crippen LogP contribution in [0.2, 0.25) is 0 Å². The number of hydrogen-bond donors (Lipinski definition) is 2. The van der Waals surface area contributed by atoms with Crippen LogP contribution in [0.3, 0.4) is 0 Å². The van der Waals surface area contributed by atoms with Gasteiger partial charge in [0, 0.05) is 13.7 Å². The highest BCUT2D eigenvalue weighted by Crippen LogP contribution is 2.16. The topological polar surface area (TPSA) is 64.3 Å². The summed E-state index contributed by atoms with van der Waals surface area (Å²) in [4.78, 5) is 11.8. The van der Waals surface area contributed by atoms with Crippen molar-refractivity contribution in [2.45, 2.75) is 18.6 Å². The van der Waals surface area contributed by atoms with Crippen LogP contribution in [0.5, 0.6) is 0 Å². The normalized spacial score (nSPS) is 13.1. The Kier molecular flexibility index (Phi) is 10.4. The molecule has 4 nitrogen and oxygen atoms in total. The summed E-state index contributed by atoms with van der Waals surface area (Å²) in [5.41, 5.74) is 6.59. The fourth-order valence-electron chi connectivity index (χ4n) is 1.71. The van der Waals surface area contributed by atoms with Crippen LogP contribution in [0.1, 0.15) is 18.1 Å². The fraction of sp³-hybridized carbons (Fsp3) is 0.500. The van der Waals surface area contributed by atoms with Gasteiger partial charge in [0.1, 0.15) is 5.82 Å². The molecular weight excluding hydrogens is 315 g/mol. The largest absolute Gasteiger partial charge is 0.375 e. The molecule has 0 saturated carbocycles. The molecule has 0 aliphatic heterocycles. The molecule has 0 saturated heterocycles. The van der Waals surface area contributed by atoms with Crippen LogP contribution in [-0.4, -0.2) is 37.6 Å². The highest BCUT2D eigenvalue weighted by molar-refractivity contribution is 7.98. The molecule has 3 N–H and O–H groups in total. The molecule has 0 aliphatic carbocycles. The number of carbonyl (C=O) groups is 1. The van der Waals surface area contributed by atoms with Gasteiger partial charge in [0.2, 0.25) is 5.91 Å². The van der Waals surface area contributed by atoms with Gasteiger partial charge in [0.15, 0.2) is 0 Å². The second-order valence-corrected chi connectivity index (χ2v) is 5.39. The summed E-state index contributed by atoms with van der Waals surface area (Å²) in [5, 5.41) is 2.76. The van der Waals surface area contributed by atoms with Crippen molar-refractivity contribution in [1.82, 2.24) is 5.32 Å². The molecule has 0 heterocycles. The van der Waals surface area contributed by atoms with Crippen LogP contribution in [0, 0.1) is 5.82 Å². The molecule has 1 rings (SSSR count). The first-order valence-corrected chi connectivity index (χ1v) is 7.78. The zero-order valence-electron chi connectivity index (χ0n) is 12.2. The number of thioether (sulfide) groups is 1. The van der Waals surface area contributed by atoms with E-state index in [0.29, 0.717) is 13.0 Å². The van der Waals surface area contributed by atoms with Gasteiger partial charge in [-0.25, -0.2) is 4.39 Å². The first kappa shape index (κ1) is 20.2. The molecule has 0 spiro atoms. The van der Waals surface area contributed by atoms with E-state index in [1.165, 1.54) is 12.1 Å². The number of rotatable bonds is 8. The van der Waals surface area contributed by atoms with Crippen molar-refractivity contribution in [2.24, 2.45) is 5.73 Å². The second-order valence-electron chi connectivity index (χ2n) is 4.41. The molecule has 7 heteroatoms. The lowest BCUT2D eigenvalue weighted by atomic mass is 10.1. The third-order valence-electron chi connectivity index (χ3n) is 2.96. The number of hydrogen-bond acceptors (Lipinski definition) is 4. The smallest absolute Gasteiger partial charge is 0.237 e. The summed E-state index contributed by atoms with van der Waals surface area (Å²) < 4.78 is 18.2. The molecule has 0 radical (unpaired) electrons. The van der Waals surface area contributed by atoms with E-state index < -0.39 is 6.04 Å². The molecule has 1 aromatic carbocycles. The first-order chi connectivity index (χ1) is 9.58. The van der Waals surface area contributed by atoms with Crippen molar-refractivity contribution >= 4 is 30.1 Å². The minimum Gasteiger partial charge on any atom is -0.375 e. The van der Waals surface area contributed by atoms with Crippen molar-refractivity contribution in [3.8, 4) is 0 Å². The number of ether oxygens (including phenoxy) is 1. The van der Waals surface area contributed by atoms with Gasteiger partial charge in [0.25, 0.3) is 0 Å². The van der Waals surface area contributed by atoms with Crippen molar-refractivity contribution in [2.75, 3.05) is 25.7 Å². The average molecular weight is 337 g/mol. The highest BCUT2D eigenvalue weighted by Gasteiger charge is 2.16. The van der Waals surface area contributed by atoms with Gasteiger partial charge in [-0.2, -0.15) is 11.8 Å². The third kappa shape index (κ3) is 7.13. The number of nitrogens with one attached hydrogen (secondary N) is 1. The van der Waals surface area contributed by atoms with Gasteiger partial charge in [0.05, 0.1) is 12.1 Å². The molecule has 1 unspecified atom stereocenters. The van der Waals surface area contributed by atoms with E-state index in [-0.39, 0.29) is 30.2 Å². The number of methoxy groups -OCH3 is 1. The minimum absolute atomic E-state index is 0. The van der Waals surface area contributed by atoms with Crippen LogP contribution >= 0.6 is 24.2 Å². The number of carbonyl (C=O) groups excluding carboxylic acids is 1. The van der Waals surface area contributed by atoms with E-state index in [2.05, 4.69) is 5.32 Å². The lowest BCUT2D eigenvalue weighted by molar-refractivity contribution is -0.122. The van der Waals surface area contributed by atoms with Gasteiger partial charge >= 0.3 is 0 Å². The van der Waals surface area contributed by atoms with E-state index in [9.17, 15) is 9.18 Å². The summed E-state index contributed by atoms with van der Waals surface area (Å²) in [7, 11) is 1.55. The molecule has 2 atom stereocenters. The predicted octanol–water partition coefficient (Wildman–Crippen LogP) is 2.13. The molecule has 1 amide bonds. The zero-order valence-corrected chi connectivity index (χ0v) is 13.8. The Morgan fingerprint density at radius 2 is 2.05 bits per heavy atom. The fourth-order valence-corrected chi connectivity index (χ4v) is 2.20. The van der Waals surface area contributed by atoms with Gasteiger partial charge in [-0.05, 0) is 36.1 Å². The van der Waals surface area contributed by atoms with E-state index >= 15 is 0 Å². The molecule has 120 valence electrons. The van der Waals surface area contributed by atoms with E-state index in [1.54, 1.807) is 31.0 Å². The molecule has 1 aromatic rings. The van der Waals surface area contributed by atoms with Crippen molar-refractivity contribution in [3.05, 3.63) is 35.6 Å². The van der Waals surface area contributed by atoms with Crippen LogP contribution in [0.15, 0.2) is 24.3 Å². The standard InChI is InChI=1S/C14H21FN2O2S.ClH/c1-19-13(10-3-5-11(15)6-4-10)9-17-14(18)12(16)7-8-20-2;/h3-6,12-13H,7-9,16H2,1-2H3,(H,17,18);1H/t12-,13?;/m0./s1. The van der Waals surface area contributed by atoms with Crippen molar-refractivity contribution < 1.29 is 13.9 Å². The molecule has 0 bridgehead atoms. The molecule has 0 aliphatic rings. The lowest BCUT2D eigenvalue weighted by Crippen LogP contribution is -2.42. The molecule has 0 aromatic heterocycles. The Hall–Kier alpha value is -0.820. The lowest BCUT2D eigenvalue weighted by Gasteiger charge is -2.18. The summed E-state index contributed by atoms with van der Waals surface area (Å²) in [6.45, 7) is 0.313. The Labute approximate surface area is 135 Å². The summed E-state index contributed by atoms with van der Waals surface area (Å²) in [6.07, 6.45) is 2.30. The summed E-state index contributed by atoms with van der Waals surface area (Å²) in [5.74, 6) is 0.357. The van der Waals surface area contributed by atoms with Crippen molar-refractivity contribution in [1.29, 1.82) is 0 Å². The van der Waals surface area contributed by atoms with Gasteiger partial charge in [-0.3, -0.25) is 4.79 Å². The highest BCUT2D eigenvalue weighted by atomic mass is 35.5. The van der Waals surface area contributed by atoms with Gasteiger partial charge in [-0.15, -0.1) is 12.4 Å². The van der Waals surface area contributed by atoms with E-state index in [0.717, 1.165) is 11.3 Å². The summed E-state index contributed by atoms with van der Waals surface area (Å²) in [6, 6.07) is 5.51. The number of amides is 1. The number of nitrogens with two attached hydrogens (primary N) is 1. The third-order valence-corrected chi connectivity index (χ3v) is 3.60. The van der Waals surface area contributed by atoms with E-state index in [1.807, 2.05) is 6.26 Å². The SMILES string of the molecule is COC(CNC(=O)[C@@H](N)CCSC)c1ccc(F)cc1.Cl. The van der Waals surface area contributed by atoms with Crippen LogP contribution in [0.25, 0.3) is 0 Å². The van der Waals surface area contributed by atoms with Gasteiger partial charge < -0.3 is 15.8 Å².